The van der Waals surface area contributed by atoms with E-state index in [-0.39, 0.29) is 17.6 Å². The summed E-state index contributed by atoms with van der Waals surface area (Å²) in [6.45, 7) is 4.18. The normalized spacial score (nSPS) is 23.6. The van der Waals surface area contributed by atoms with E-state index in [9.17, 15) is 18.0 Å². The highest BCUT2D eigenvalue weighted by Gasteiger charge is 2.45. The molecule has 1 saturated carbocycles. The van der Waals surface area contributed by atoms with Crippen LogP contribution in [0.25, 0.3) is 0 Å². The standard InChI is InChI=1S/C18H26N2O2S.C2HF3O2/c21-17(19-12-15-2-1-11-23-15)16-5-6-18(22-16)7-9-20(10-8-18)13-14-3-4-14;3-2(4,5)1(6)7/h1-2,11,14,16H,3-10,12-13H2,(H,19,21);(H,6,7). The van der Waals surface area contributed by atoms with Gasteiger partial charge in [-0.1, -0.05) is 6.07 Å². The Morgan fingerprint density at radius 3 is 2.43 bits per heavy atom. The maximum absolute atomic E-state index is 12.3. The van der Waals surface area contributed by atoms with E-state index in [0.29, 0.717) is 6.54 Å². The van der Waals surface area contributed by atoms with Crippen molar-refractivity contribution in [2.24, 2.45) is 5.92 Å². The van der Waals surface area contributed by atoms with E-state index in [1.54, 1.807) is 11.3 Å². The first-order valence-electron chi connectivity index (χ1n) is 10.2. The summed E-state index contributed by atoms with van der Waals surface area (Å²) in [6.07, 6.45) is 1.61. The predicted octanol–water partition coefficient (Wildman–Crippen LogP) is 3.42. The number of nitrogens with one attached hydrogen (secondary N) is 1. The molecule has 0 radical (unpaired) electrons. The molecule has 30 heavy (non-hydrogen) atoms. The van der Waals surface area contributed by atoms with Crippen LogP contribution in [0.1, 0.15) is 43.4 Å². The van der Waals surface area contributed by atoms with E-state index in [1.165, 1.54) is 24.3 Å². The summed E-state index contributed by atoms with van der Waals surface area (Å²) in [7, 11) is 0. The third kappa shape index (κ3) is 6.68. The fourth-order valence-corrected chi connectivity index (χ4v) is 4.52. The molecule has 1 spiro atoms. The number of nitrogens with zero attached hydrogens (tertiary/aromatic N) is 1. The number of amides is 1. The maximum Gasteiger partial charge on any atom is 0.490 e. The molecule has 1 atom stereocenters. The van der Waals surface area contributed by atoms with E-state index in [0.717, 1.165) is 44.7 Å². The zero-order chi connectivity index (χ0) is 21.8. The highest BCUT2D eigenvalue weighted by Crippen LogP contribution is 2.40. The number of carbonyl (C=O) groups excluding carboxylic acids is 1. The summed E-state index contributed by atoms with van der Waals surface area (Å²) in [5, 5.41) is 12.2. The SMILES string of the molecule is O=C(NCc1cccs1)C1CCC2(CCN(CC3CC3)CC2)O1.O=C(O)C(F)(F)F. The lowest BCUT2D eigenvalue weighted by Gasteiger charge is -2.39. The molecule has 6 nitrogen and oxygen atoms in total. The van der Waals surface area contributed by atoms with Gasteiger partial charge in [-0.15, -0.1) is 11.3 Å². The second-order valence-corrected chi connectivity index (χ2v) is 9.20. The number of carbonyl (C=O) groups is 2. The second-order valence-electron chi connectivity index (χ2n) is 8.17. The van der Waals surface area contributed by atoms with Gasteiger partial charge in [-0.25, -0.2) is 4.79 Å². The Labute approximate surface area is 177 Å². The Kier molecular flexibility index (Phi) is 7.41. The van der Waals surface area contributed by atoms with Gasteiger partial charge in [-0.05, 0) is 55.9 Å². The Balaban J connectivity index is 0.000000318. The van der Waals surface area contributed by atoms with E-state index >= 15 is 0 Å². The van der Waals surface area contributed by atoms with Crippen LogP contribution in [-0.4, -0.2) is 59.4 Å². The predicted molar refractivity (Wildman–Crippen MR) is 105 cm³/mol. The smallest absolute Gasteiger partial charge is 0.475 e. The number of hydrogen-bond donors (Lipinski definition) is 2. The summed E-state index contributed by atoms with van der Waals surface area (Å²) in [6, 6.07) is 4.07. The number of alkyl halides is 3. The van der Waals surface area contributed by atoms with Crippen LogP contribution in [0.4, 0.5) is 13.2 Å². The number of piperidine rings is 1. The van der Waals surface area contributed by atoms with Gasteiger partial charge in [-0.2, -0.15) is 13.2 Å². The van der Waals surface area contributed by atoms with E-state index in [2.05, 4.69) is 16.3 Å². The molecule has 1 amide bonds. The summed E-state index contributed by atoms with van der Waals surface area (Å²) in [5.74, 6) is -1.73. The molecule has 1 aromatic rings. The summed E-state index contributed by atoms with van der Waals surface area (Å²) >= 11 is 1.68. The van der Waals surface area contributed by atoms with Crippen molar-refractivity contribution >= 4 is 23.2 Å². The lowest BCUT2D eigenvalue weighted by atomic mass is 9.88. The Bertz CT molecular complexity index is 714. The minimum atomic E-state index is -5.08. The lowest BCUT2D eigenvalue weighted by molar-refractivity contribution is -0.192. The number of hydrogen-bond acceptors (Lipinski definition) is 5. The first-order valence-corrected chi connectivity index (χ1v) is 11.1. The zero-order valence-electron chi connectivity index (χ0n) is 16.6. The van der Waals surface area contributed by atoms with E-state index < -0.39 is 12.1 Å². The maximum atomic E-state index is 12.3. The number of carboxylic acid groups (broad SMARTS) is 1. The zero-order valence-corrected chi connectivity index (χ0v) is 17.4. The minimum Gasteiger partial charge on any atom is -0.475 e. The van der Waals surface area contributed by atoms with Gasteiger partial charge in [0, 0.05) is 24.5 Å². The van der Waals surface area contributed by atoms with E-state index in [4.69, 9.17) is 14.6 Å². The fraction of sp³-hybridized carbons (Fsp3) is 0.700. The molecule has 2 N–H and O–H groups in total. The van der Waals surface area contributed by atoms with Crippen LogP contribution < -0.4 is 5.32 Å². The molecule has 3 heterocycles. The quantitative estimate of drug-likeness (QED) is 0.722. The van der Waals surface area contributed by atoms with Gasteiger partial charge < -0.3 is 20.1 Å². The number of carboxylic acids is 1. The van der Waals surface area contributed by atoms with Gasteiger partial charge in [0.05, 0.1) is 12.1 Å². The molecular weight excluding hydrogens is 421 g/mol. The van der Waals surface area contributed by atoms with Crippen LogP contribution in [0.15, 0.2) is 17.5 Å². The van der Waals surface area contributed by atoms with Crippen molar-refractivity contribution < 1.29 is 32.6 Å². The summed E-state index contributed by atoms with van der Waals surface area (Å²) < 4.78 is 38.0. The second kappa shape index (κ2) is 9.65. The molecule has 3 fully saturated rings. The first-order chi connectivity index (χ1) is 14.2. The Hall–Kier alpha value is -1.65. The van der Waals surface area contributed by atoms with Crippen molar-refractivity contribution in [3.8, 4) is 0 Å². The van der Waals surface area contributed by atoms with Crippen LogP contribution in [-0.2, 0) is 20.9 Å². The van der Waals surface area contributed by atoms with Crippen molar-refractivity contribution in [1.82, 2.24) is 10.2 Å². The van der Waals surface area contributed by atoms with Crippen LogP contribution >= 0.6 is 11.3 Å². The van der Waals surface area contributed by atoms with Crippen molar-refractivity contribution in [1.29, 1.82) is 0 Å². The number of likely N-dealkylation sites (tertiary alicyclic amines) is 1. The number of ether oxygens (including phenoxy) is 1. The van der Waals surface area contributed by atoms with Crippen molar-refractivity contribution in [3.05, 3.63) is 22.4 Å². The first kappa shape index (κ1) is 23.0. The number of aliphatic carboxylic acids is 1. The molecule has 0 bridgehead atoms. The molecule has 4 rings (SSSR count). The molecule has 10 heteroatoms. The van der Waals surface area contributed by atoms with Gasteiger partial charge in [-0.3, -0.25) is 4.79 Å². The molecule has 0 aromatic carbocycles. The van der Waals surface area contributed by atoms with Crippen LogP contribution in [0.2, 0.25) is 0 Å². The molecule has 168 valence electrons. The Morgan fingerprint density at radius 1 is 1.23 bits per heavy atom. The molecular formula is C20H27F3N2O4S. The topological polar surface area (TPSA) is 78.9 Å². The molecule has 1 aromatic heterocycles. The number of halogens is 3. The third-order valence-electron chi connectivity index (χ3n) is 5.79. The van der Waals surface area contributed by atoms with Crippen molar-refractivity contribution in [3.63, 3.8) is 0 Å². The monoisotopic (exact) mass is 448 g/mol. The highest BCUT2D eigenvalue weighted by atomic mass is 32.1. The van der Waals surface area contributed by atoms with Gasteiger partial charge in [0.25, 0.3) is 0 Å². The molecule has 2 saturated heterocycles. The summed E-state index contributed by atoms with van der Waals surface area (Å²) in [5.41, 5.74) is -0.0228. The molecule has 1 unspecified atom stereocenters. The molecule has 1 aliphatic carbocycles. The third-order valence-corrected chi connectivity index (χ3v) is 6.66. The van der Waals surface area contributed by atoms with Crippen LogP contribution in [0, 0.1) is 5.92 Å². The fourth-order valence-electron chi connectivity index (χ4n) is 3.88. The van der Waals surface area contributed by atoms with Gasteiger partial charge in [0.2, 0.25) is 5.91 Å². The highest BCUT2D eigenvalue weighted by molar-refractivity contribution is 7.09. The van der Waals surface area contributed by atoms with E-state index in [1.807, 2.05) is 11.4 Å². The van der Waals surface area contributed by atoms with Crippen molar-refractivity contribution in [2.75, 3.05) is 19.6 Å². The average Bonchev–Trinajstić information content (AvgIpc) is 3.18. The molecule has 2 aliphatic heterocycles. The Morgan fingerprint density at radius 2 is 1.90 bits per heavy atom. The molecule has 3 aliphatic rings. The number of thiophene rings is 1. The minimum absolute atomic E-state index is 0.0228. The largest absolute Gasteiger partial charge is 0.490 e. The summed E-state index contributed by atoms with van der Waals surface area (Å²) in [4.78, 5) is 25.0. The lowest BCUT2D eigenvalue weighted by Crippen LogP contribution is -2.46. The van der Waals surface area contributed by atoms with Gasteiger partial charge in [0.1, 0.15) is 6.10 Å². The van der Waals surface area contributed by atoms with Crippen LogP contribution in [0.5, 0.6) is 0 Å². The van der Waals surface area contributed by atoms with Gasteiger partial charge in [0.15, 0.2) is 0 Å². The average molecular weight is 449 g/mol. The van der Waals surface area contributed by atoms with Gasteiger partial charge >= 0.3 is 12.1 Å². The van der Waals surface area contributed by atoms with Crippen LogP contribution in [0.3, 0.4) is 0 Å². The number of rotatable bonds is 5. The van der Waals surface area contributed by atoms with Crippen molar-refractivity contribution in [2.45, 2.75) is 63.0 Å².